The fourth-order valence-electron chi connectivity index (χ4n) is 7.65. The summed E-state index contributed by atoms with van der Waals surface area (Å²) in [6.45, 7) is 2.50. The van der Waals surface area contributed by atoms with Gasteiger partial charge in [0.1, 0.15) is 6.61 Å². The molecular weight excluding hydrogens is 624 g/mol. The molecule has 0 spiro atoms. The molecule has 0 bridgehead atoms. The van der Waals surface area contributed by atoms with Crippen LogP contribution < -0.4 is 0 Å². The van der Waals surface area contributed by atoms with Gasteiger partial charge in [-0.2, -0.15) is 0 Å². The molecule has 4 atom stereocenters. The lowest BCUT2D eigenvalue weighted by Crippen LogP contribution is -2.48. The van der Waals surface area contributed by atoms with Crippen molar-refractivity contribution >= 4 is 29.6 Å². The monoisotopic (exact) mass is 664 g/mol. The number of nitrogens with zero attached hydrogens (tertiary/aromatic N) is 2. The molecular formula is C40H41ClN2O5. The quantitative estimate of drug-likeness (QED) is 0.176. The summed E-state index contributed by atoms with van der Waals surface area (Å²) < 4.78 is 6.00. The van der Waals surface area contributed by atoms with Crippen molar-refractivity contribution in [2.45, 2.75) is 50.0 Å². The smallest absolute Gasteiger partial charge is 0.409 e. The second-order valence-corrected chi connectivity index (χ2v) is 13.6. The fraction of sp³-hybridized carbons (Fsp3) is 0.325. The Hall–Kier alpha value is -4.62. The first-order chi connectivity index (χ1) is 23.1. The van der Waals surface area contributed by atoms with Crippen LogP contribution in [0.4, 0.5) is 4.79 Å². The van der Waals surface area contributed by atoms with Crippen LogP contribution in [0.1, 0.15) is 65.3 Å². The Bertz CT molecular complexity index is 1760. The highest BCUT2D eigenvalue weighted by Gasteiger charge is 2.40. The van der Waals surface area contributed by atoms with Gasteiger partial charge in [-0.25, -0.2) is 4.79 Å². The van der Waals surface area contributed by atoms with E-state index < -0.39 is 24.0 Å². The van der Waals surface area contributed by atoms with Crippen molar-refractivity contribution < 1.29 is 24.2 Å². The van der Waals surface area contributed by atoms with Crippen molar-refractivity contribution in [2.75, 3.05) is 27.2 Å². The van der Waals surface area contributed by atoms with Crippen molar-refractivity contribution in [1.82, 2.24) is 9.80 Å². The molecule has 0 aromatic heterocycles. The minimum absolute atomic E-state index is 0.0813. The third-order valence-electron chi connectivity index (χ3n) is 10.1. The van der Waals surface area contributed by atoms with Crippen LogP contribution in [0.25, 0.3) is 11.1 Å². The van der Waals surface area contributed by atoms with E-state index in [1.54, 1.807) is 36.0 Å². The first-order valence-corrected chi connectivity index (χ1v) is 16.9. The fourth-order valence-corrected chi connectivity index (χ4v) is 7.78. The number of carboxylic acids is 1. The predicted molar refractivity (Wildman–Crippen MR) is 187 cm³/mol. The molecule has 0 heterocycles. The van der Waals surface area contributed by atoms with Crippen molar-refractivity contribution in [2.24, 2.45) is 5.92 Å². The highest BCUT2D eigenvalue weighted by atomic mass is 35.5. The molecule has 0 saturated carbocycles. The van der Waals surface area contributed by atoms with Crippen molar-refractivity contribution in [3.8, 4) is 11.1 Å². The van der Waals surface area contributed by atoms with Gasteiger partial charge >= 0.3 is 12.1 Å². The minimum Gasteiger partial charge on any atom is -0.481 e. The molecule has 2 amide bonds. The zero-order chi connectivity index (χ0) is 33.9. The van der Waals surface area contributed by atoms with Gasteiger partial charge in [0, 0.05) is 31.6 Å². The number of amides is 2. The number of halogens is 1. The van der Waals surface area contributed by atoms with Crippen LogP contribution in [0.2, 0.25) is 5.02 Å². The number of benzene rings is 4. The summed E-state index contributed by atoms with van der Waals surface area (Å²) in [6.07, 6.45) is 0.406. The summed E-state index contributed by atoms with van der Waals surface area (Å²) in [5, 5.41) is 10.5. The van der Waals surface area contributed by atoms with E-state index in [1.165, 1.54) is 5.56 Å². The highest BCUT2D eigenvalue weighted by molar-refractivity contribution is 6.30. The standard InChI is InChI=1S/C40H41ClN2O5/c1-25-20-35(30-11-5-4-10-29(25)30)36(22-38(44)45)39(46)42(2)23-28(21-26-16-18-27(41)19-17-26)43(3)40(47)48-24-37-33-14-8-6-12-31(33)32-13-7-9-15-34(32)37/h4-19,25,28,35-37H,20-24H2,1-3H3,(H,44,45)/t25-,28?,35-,36?/m0/s1. The Balaban J connectivity index is 1.21. The maximum absolute atomic E-state index is 14.2. The van der Waals surface area contributed by atoms with E-state index in [0.29, 0.717) is 17.9 Å². The van der Waals surface area contributed by atoms with Crippen LogP contribution in [0, 0.1) is 5.92 Å². The number of ether oxygens (including phenoxy) is 1. The van der Waals surface area contributed by atoms with Crippen LogP contribution in [0.5, 0.6) is 0 Å². The van der Waals surface area contributed by atoms with E-state index in [4.69, 9.17) is 16.3 Å². The number of likely N-dealkylation sites (N-methyl/N-ethyl adjacent to an activating group) is 2. The Kier molecular flexibility index (Phi) is 9.88. The lowest BCUT2D eigenvalue weighted by Gasteiger charge is -2.34. The van der Waals surface area contributed by atoms with Gasteiger partial charge in [-0.1, -0.05) is 103 Å². The maximum atomic E-state index is 14.2. The topological polar surface area (TPSA) is 87.2 Å². The van der Waals surface area contributed by atoms with E-state index in [0.717, 1.165) is 33.4 Å². The summed E-state index contributed by atoms with van der Waals surface area (Å²) in [5.41, 5.74) is 7.73. The number of fused-ring (bicyclic) bond motifs is 4. The van der Waals surface area contributed by atoms with Crippen molar-refractivity contribution in [3.63, 3.8) is 0 Å². The molecule has 7 nitrogen and oxygen atoms in total. The number of hydrogen-bond acceptors (Lipinski definition) is 4. The number of carbonyl (C=O) groups excluding carboxylic acids is 2. The summed E-state index contributed by atoms with van der Waals surface area (Å²) in [5.74, 6) is -2.02. The average Bonchev–Trinajstić information content (AvgIpc) is 3.60. The maximum Gasteiger partial charge on any atom is 0.409 e. The molecule has 2 aliphatic carbocycles. The number of rotatable bonds is 11. The molecule has 8 heteroatoms. The summed E-state index contributed by atoms with van der Waals surface area (Å²) in [6, 6.07) is 31.4. The van der Waals surface area contributed by atoms with E-state index in [2.05, 4.69) is 37.3 Å². The molecule has 4 aromatic carbocycles. The zero-order valence-electron chi connectivity index (χ0n) is 27.5. The molecule has 1 N–H and O–H groups in total. The Morgan fingerprint density at radius 2 is 1.40 bits per heavy atom. The molecule has 4 aromatic rings. The van der Waals surface area contributed by atoms with Gasteiger partial charge in [-0.05, 0) is 75.8 Å². The number of carboxylic acid groups (broad SMARTS) is 1. The second-order valence-electron chi connectivity index (χ2n) is 13.2. The van der Waals surface area contributed by atoms with Gasteiger partial charge in [-0.15, -0.1) is 0 Å². The van der Waals surface area contributed by atoms with Gasteiger partial charge in [0.25, 0.3) is 0 Å². The van der Waals surface area contributed by atoms with Gasteiger partial charge < -0.3 is 19.6 Å². The normalized spacial score (nSPS) is 17.5. The number of hydrogen-bond donors (Lipinski definition) is 1. The molecule has 0 radical (unpaired) electrons. The Labute approximate surface area is 287 Å². The second kappa shape index (κ2) is 14.2. The lowest BCUT2D eigenvalue weighted by atomic mass is 9.83. The van der Waals surface area contributed by atoms with Crippen LogP contribution in [-0.2, 0) is 20.7 Å². The molecule has 248 valence electrons. The molecule has 48 heavy (non-hydrogen) atoms. The molecule has 2 aliphatic rings. The summed E-state index contributed by atoms with van der Waals surface area (Å²) in [7, 11) is 3.39. The van der Waals surface area contributed by atoms with Crippen molar-refractivity contribution in [1.29, 1.82) is 0 Å². The van der Waals surface area contributed by atoms with Crippen LogP contribution in [0.15, 0.2) is 97.1 Å². The summed E-state index contributed by atoms with van der Waals surface area (Å²) >= 11 is 6.16. The van der Waals surface area contributed by atoms with Gasteiger partial charge in [0.15, 0.2) is 0 Å². The highest BCUT2D eigenvalue weighted by Crippen LogP contribution is 2.47. The van der Waals surface area contributed by atoms with Gasteiger partial charge in [-0.3, -0.25) is 9.59 Å². The third kappa shape index (κ3) is 6.83. The average molecular weight is 665 g/mol. The van der Waals surface area contributed by atoms with Gasteiger partial charge in [0.2, 0.25) is 5.91 Å². The van der Waals surface area contributed by atoms with E-state index in [1.807, 2.05) is 54.6 Å². The first-order valence-electron chi connectivity index (χ1n) is 16.5. The lowest BCUT2D eigenvalue weighted by molar-refractivity contribution is -0.145. The Morgan fingerprint density at radius 3 is 2.00 bits per heavy atom. The zero-order valence-corrected chi connectivity index (χ0v) is 28.3. The van der Waals surface area contributed by atoms with Crippen LogP contribution in [-0.4, -0.2) is 66.2 Å². The Morgan fingerprint density at radius 1 is 0.833 bits per heavy atom. The minimum atomic E-state index is -1.01. The van der Waals surface area contributed by atoms with E-state index in [-0.39, 0.29) is 43.2 Å². The molecule has 6 rings (SSSR count). The number of aliphatic carboxylic acids is 1. The third-order valence-corrected chi connectivity index (χ3v) is 10.4. The van der Waals surface area contributed by atoms with Crippen molar-refractivity contribution in [3.05, 3.63) is 130 Å². The van der Waals surface area contributed by atoms with Crippen LogP contribution >= 0.6 is 11.6 Å². The SMILES string of the molecule is C[C@H]1C[C@H](C(CC(=O)O)C(=O)N(C)CC(Cc2ccc(Cl)cc2)N(C)C(=O)OCC2c3ccccc3-c3ccccc32)c2ccccc21. The molecule has 0 fully saturated rings. The largest absolute Gasteiger partial charge is 0.481 e. The summed E-state index contributed by atoms with van der Waals surface area (Å²) in [4.78, 5) is 43.1. The molecule has 0 aliphatic heterocycles. The molecule has 2 unspecified atom stereocenters. The van der Waals surface area contributed by atoms with E-state index >= 15 is 0 Å². The van der Waals surface area contributed by atoms with Crippen LogP contribution in [0.3, 0.4) is 0 Å². The first kappa shape index (κ1) is 33.3. The molecule has 0 saturated heterocycles. The van der Waals surface area contributed by atoms with Gasteiger partial charge in [0.05, 0.1) is 18.4 Å². The van der Waals surface area contributed by atoms with E-state index in [9.17, 15) is 19.5 Å². The predicted octanol–water partition coefficient (Wildman–Crippen LogP) is 7.97. The number of carbonyl (C=O) groups is 3.